The number of carbonyl (C=O) groups excluding carboxylic acids is 1. The van der Waals surface area contributed by atoms with Crippen LogP contribution >= 0.6 is 0 Å². The molecule has 0 fully saturated rings. The van der Waals surface area contributed by atoms with Gasteiger partial charge in [0.05, 0.1) is 0 Å². The lowest BCUT2D eigenvalue weighted by atomic mass is 10.2. The fraction of sp³-hybridized carbons (Fsp3) is 0.417. The second-order valence-corrected chi connectivity index (χ2v) is 3.42. The SMILES string of the molecule is COCC(=O)OCCNCc1ccccc1F. The van der Waals surface area contributed by atoms with Gasteiger partial charge in [0, 0.05) is 25.8 Å². The van der Waals surface area contributed by atoms with Gasteiger partial charge in [-0.25, -0.2) is 9.18 Å². The highest BCUT2D eigenvalue weighted by atomic mass is 19.1. The van der Waals surface area contributed by atoms with Crippen LogP contribution in [0.4, 0.5) is 4.39 Å². The normalized spacial score (nSPS) is 10.2. The number of carbonyl (C=O) groups is 1. The molecule has 0 radical (unpaired) electrons. The quantitative estimate of drug-likeness (QED) is 0.573. The Morgan fingerprint density at radius 3 is 2.88 bits per heavy atom. The number of esters is 1. The molecule has 0 aliphatic rings. The highest BCUT2D eigenvalue weighted by molar-refractivity contribution is 5.70. The van der Waals surface area contributed by atoms with Crippen molar-refractivity contribution in [2.75, 3.05) is 26.9 Å². The van der Waals surface area contributed by atoms with Crippen molar-refractivity contribution in [1.29, 1.82) is 0 Å². The van der Waals surface area contributed by atoms with E-state index in [0.717, 1.165) is 0 Å². The minimum absolute atomic E-state index is 0.0483. The van der Waals surface area contributed by atoms with Gasteiger partial charge in [-0.1, -0.05) is 18.2 Å². The lowest BCUT2D eigenvalue weighted by molar-refractivity contribution is -0.147. The van der Waals surface area contributed by atoms with Crippen molar-refractivity contribution in [3.05, 3.63) is 35.6 Å². The van der Waals surface area contributed by atoms with Gasteiger partial charge >= 0.3 is 5.97 Å². The van der Waals surface area contributed by atoms with E-state index in [1.165, 1.54) is 13.2 Å². The van der Waals surface area contributed by atoms with Crippen molar-refractivity contribution < 1.29 is 18.7 Å². The van der Waals surface area contributed by atoms with Crippen molar-refractivity contribution >= 4 is 5.97 Å². The second-order valence-electron chi connectivity index (χ2n) is 3.42. The van der Waals surface area contributed by atoms with Crippen molar-refractivity contribution in [1.82, 2.24) is 5.32 Å². The highest BCUT2D eigenvalue weighted by Crippen LogP contribution is 2.04. The number of benzene rings is 1. The molecule has 0 amide bonds. The molecule has 0 aromatic heterocycles. The van der Waals surface area contributed by atoms with E-state index in [1.807, 2.05) is 0 Å². The summed E-state index contributed by atoms with van der Waals surface area (Å²) in [4.78, 5) is 10.9. The molecule has 17 heavy (non-hydrogen) atoms. The molecule has 0 heterocycles. The third kappa shape index (κ3) is 5.42. The van der Waals surface area contributed by atoms with Gasteiger partial charge in [-0.05, 0) is 6.07 Å². The molecule has 0 saturated heterocycles. The summed E-state index contributed by atoms with van der Waals surface area (Å²) in [7, 11) is 1.43. The van der Waals surface area contributed by atoms with E-state index < -0.39 is 5.97 Å². The maximum atomic E-state index is 13.2. The molecule has 0 atom stereocenters. The molecule has 1 N–H and O–H groups in total. The molecule has 4 nitrogen and oxygen atoms in total. The van der Waals surface area contributed by atoms with E-state index >= 15 is 0 Å². The molecule has 1 aromatic carbocycles. The van der Waals surface area contributed by atoms with Crippen LogP contribution in [0.25, 0.3) is 0 Å². The Morgan fingerprint density at radius 2 is 2.18 bits per heavy atom. The summed E-state index contributed by atoms with van der Waals surface area (Å²) in [6.45, 7) is 1.09. The molecule has 0 bridgehead atoms. The lowest BCUT2D eigenvalue weighted by Gasteiger charge is -2.06. The Bertz CT molecular complexity index is 357. The van der Waals surface area contributed by atoms with Gasteiger partial charge in [0.25, 0.3) is 0 Å². The molecule has 94 valence electrons. The summed E-state index contributed by atoms with van der Waals surface area (Å²) < 4.78 is 22.6. The molecule has 5 heteroatoms. The van der Waals surface area contributed by atoms with Gasteiger partial charge in [0.15, 0.2) is 0 Å². The van der Waals surface area contributed by atoms with E-state index in [0.29, 0.717) is 18.7 Å². The molecule has 0 aliphatic heterocycles. The van der Waals surface area contributed by atoms with Crippen molar-refractivity contribution in [2.45, 2.75) is 6.54 Å². The Morgan fingerprint density at radius 1 is 1.41 bits per heavy atom. The number of methoxy groups -OCH3 is 1. The van der Waals surface area contributed by atoms with E-state index in [9.17, 15) is 9.18 Å². The van der Waals surface area contributed by atoms with E-state index in [2.05, 4.69) is 10.1 Å². The zero-order chi connectivity index (χ0) is 12.5. The summed E-state index contributed by atoms with van der Waals surface area (Å²) in [5.41, 5.74) is 0.593. The Kier molecular flexibility index (Phi) is 6.21. The molecule has 1 aromatic rings. The maximum Gasteiger partial charge on any atom is 0.332 e. The zero-order valence-corrected chi connectivity index (χ0v) is 9.74. The van der Waals surface area contributed by atoms with Gasteiger partial charge in [0.1, 0.15) is 19.0 Å². The van der Waals surface area contributed by atoms with Gasteiger partial charge in [-0.15, -0.1) is 0 Å². The predicted molar refractivity (Wildman–Crippen MR) is 60.9 cm³/mol. The fourth-order valence-electron chi connectivity index (χ4n) is 1.26. The van der Waals surface area contributed by atoms with Gasteiger partial charge < -0.3 is 14.8 Å². The second kappa shape index (κ2) is 7.76. The number of hydrogen-bond donors (Lipinski definition) is 1. The van der Waals surface area contributed by atoms with Crippen LogP contribution in [0.1, 0.15) is 5.56 Å². The van der Waals surface area contributed by atoms with E-state index in [1.54, 1.807) is 18.2 Å². The van der Waals surface area contributed by atoms with E-state index in [-0.39, 0.29) is 19.0 Å². The van der Waals surface area contributed by atoms with Gasteiger partial charge in [-0.2, -0.15) is 0 Å². The Labute approximate surface area is 99.7 Å². The first kappa shape index (κ1) is 13.6. The van der Waals surface area contributed by atoms with Crippen LogP contribution in [-0.4, -0.2) is 32.8 Å². The number of rotatable bonds is 7. The summed E-state index contributed by atoms with van der Waals surface area (Å²) in [5, 5.41) is 2.98. The van der Waals surface area contributed by atoms with Crippen LogP contribution in [0.5, 0.6) is 0 Å². The number of halogens is 1. The van der Waals surface area contributed by atoms with Crippen molar-refractivity contribution in [2.24, 2.45) is 0 Å². The number of nitrogens with one attached hydrogen (secondary N) is 1. The first-order valence-corrected chi connectivity index (χ1v) is 5.32. The molecule has 0 spiro atoms. The summed E-state index contributed by atoms with van der Waals surface area (Å²) in [6, 6.07) is 6.54. The standard InChI is InChI=1S/C12H16FNO3/c1-16-9-12(15)17-7-6-14-8-10-4-2-3-5-11(10)13/h2-5,14H,6-9H2,1H3. The highest BCUT2D eigenvalue weighted by Gasteiger charge is 2.01. The topological polar surface area (TPSA) is 47.6 Å². The maximum absolute atomic E-state index is 13.2. The van der Waals surface area contributed by atoms with Crippen LogP contribution in [0.3, 0.4) is 0 Å². The molecule has 1 rings (SSSR count). The lowest BCUT2D eigenvalue weighted by Crippen LogP contribution is -2.22. The minimum atomic E-state index is -0.403. The van der Waals surface area contributed by atoms with E-state index in [4.69, 9.17) is 4.74 Å². The third-order valence-electron chi connectivity index (χ3n) is 2.08. The van der Waals surface area contributed by atoms with Crippen LogP contribution in [-0.2, 0) is 20.8 Å². The first-order chi connectivity index (χ1) is 8.24. The van der Waals surface area contributed by atoms with Crippen molar-refractivity contribution in [3.8, 4) is 0 Å². The molecule has 0 unspecified atom stereocenters. The summed E-state index contributed by atoms with van der Waals surface area (Å²) in [6.07, 6.45) is 0. The minimum Gasteiger partial charge on any atom is -0.463 e. The molecule has 0 saturated carbocycles. The van der Waals surface area contributed by atoms with Crippen LogP contribution in [0.15, 0.2) is 24.3 Å². The van der Waals surface area contributed by atoms with Gasteiger partial charge in [0.2, 0.25) is 0 Å². The van der Waals surface area contributed by atoms with Crippen LogP contribution < -0.4 is 5.32 Å². The zero-order valence-electron chi connectivity index (χ0n) is 9.74. The third-order valence-corrected chi connectivity index (χ3v) is 2.08. The van der Waals surface area contributed by atoms with Crippen LogP contribution in [0, 0.1) is 5.82 Å². The average Bonchev–Trinajstić information content (AvgIpc) is 2.31. The smallest absolute Gasteiger partial charge is 0.332 e. The molecular weight excluding hydrogens is 225 g/mol. The average molecular weight is 241 g/mol. The Hall–Kier alpha value is -1.46. The summed E-state index contributed by atoms with van der Waals surface area (Å²) in [5.74, 6) is -0.642. The molecule has 0 aliphatic carbocycles. The predicted octanol–water partition coefficient (Wildman–Crippen LogP) is 1.10. The fourth-order valence-corrected chi connectivity index (χ4v) is 1.26. The first-order valence-electron chi connectivity index (χ1n) is 5.32. The number of ether oxygens (including phenoxy) is 2. The van der Waals surface area contributed by atoms with Crippen LogP contribution in [0.2, 0.25) is 0 Å². The molecular formula is C12H16FNO3. The summed E-state index contributed by atoms with van der Waals surface area (Å²) >= 11 is 0. The largest absolute Gasteiger partial charge is 0.463 e. The Balaban J connectivity index is 2.13. The van der Waals surface area contributed by atoms with Gasteiger partial charge in [-0.3, -0.25) is 0 Å². The van der Waals surface area contributed by atoms with Crippen molar-refractivity contribution in [3.63, 3.8) is 0 Å². The monoisotopic (exact) mass is 241 g/mol. The number of hydrogen-bond acceptors (Lipinski definition) is 4.